The van der Waals surface area contributed by atoms with Crippen LogP contribution in [0.5, 0.6) is 5.88 Å². The zero-order valence-electron chi connectivity index (χ0n) is 10.1. The van der Waals surface area contributed by atoms with Gasteiger partial charge in [-0.05, 0) is 30.7 Å². The van der Waals surface area contributed by atoms with Crippen molar-refractivity contribution in [1.29, 1.82) is 0 Å². The summed E-state index contributed by atoms with van der Waals surface area (Å²) >= 11 is 1.98. The van der Waals surface area contributed by atoms with Gasteiger partial charge in [0, 0.05) is 11.8 Å². The van der Waals surface area contributed by atoms with E-state index in [1.165, 1.54) is 12.2 Å². The van der Waals surface area contributed by atoms with E-state index in [1.807, 2.05) is 23.9 Å². The van der Waals surface area contributed by atoms with Crippen molar-refractivity contribution in [3.63, 3.8) is 0 Å². The van der Waals surface area contributed by atoms with Crippen LogP contribution in [-0.2, 0) is 0 Å². The van der Waals surface area contributed by atoms with Gasteiger partial charge in [0.1, 0.15) is 5.82 Å². The van der Waals surface area contributed by atoms with Crippen molar-refractivity contribution >= 4 is 23.3 Å². The van der Waals surface area contributed by atoms with Crippen LogP contribution in [0.25, 0.3) is 0 Å². The van der Waals surface area contributed by atoms with Crippen molar-refractivity contribution in [2.24, 2.45) is 0 Å². The van der Waals surface area contributed by atoms with Crippen LogP contribution in [0, 0.1) is 0 Å². The molecule has 1 aliphatic heterocycles. The summed E-state index contributed by atoms with van der Waals surface area (Å²) < 4.78 is 5.51. The molecule has 1 aliphatic rings. The van der Waals surface area contributed by atoms with Crippen LogP contribution in [0.2, 0.25) is 0 Å². The molecule has 94 valence electrons. The molecule has 2 heterocycles. The molecule has 4 nitrogen and oxygen atoms in total. The minimum absolute atomic E-state index is 0.523. The first-order chi connectivity index (χ1) is 8.29. The third kappa shape index (κ3) is 3.43. The van der Waals surface area contributed by atoms with Crippen LogP contribution >= 0.6 is 11.8 Å². The Morgan fingerprint density at radius 1 is 1.59 bits per heavy atom. The topological polar surface area (TPSA) is 60.2 Å². The summed E-state index contributed by atoms with van der Waals surface area (Å²) in [5.74, 6) is 3.78. The van der Waals surface area contributed by atoms with Crippen molar-refractivity contribution in [1.82, 2.24) is 4.98 Å². The molecule has 1 fully saturated rings. The smallest absolute Gasteiger partial charge is 0.239 e. The standard InChI is InChI=1S/C12H19N3OS/c1-2-6-16-12-10(13)3-4-11(15-12)14-9-5-7-17-8-9/h3-4,9H,2,5-8,13H2,1H3,(H,14,15). The highest BCUT2D eigenvalue weighted by Gasteiger charge is 2.16. The number of thioether (sulfide) groups is 1. The molecular formula is C12H19N3OS. The molecule has 1 unspecified atom stereocenters. The van der Waals surface area contributed by atoms with Crippen molar-refractivity contribution in [3.05, 3.63) is 12.1 Å². The van der Waals surface area contributed by atoms with Gasteiger partial charge in [-0.3, -0.25) is 0 Å². The number of pyridine rings is 1. The third-order valence-corrected chi connectivity index (χ3v) is 3.78. The third-order valence-electron chi connectivity index (χ3n) is 2.61. The number of nitrogens with zero attached hydrogens (tertiary/aromatic N) is 1. The molecule has 0 saturated carbocycles. The maximum atomic E-state index is 5.82. The van der Waals surface area contributed by atoms with E-state index in [4.69, 9.17) is 10.5 Å². The summed E-state index contributed by atoms with van der Waals surface area (Å²) in [6.07, 6.45) is 2.15. The van der Waals surface area contributed by atoms with Gasteiger partial charge >= 0.3 is 0 Å². The molecule has 0 radical (unpaired) electrons. The van der Waals surface area contributed by atoms with Crippen LogP contribution in [0.4, 0.5) is 11.5 Å². The Hall–Kier alpha value is -1.10. The molecule has 3 N–H and O–H groups in total. The maximum absolute atomic E-state index is 5.82. The normalized spacial score (nSPS) is 19.2. The van der Waals surface area contributed by atoms with Crippen molar-refractivity contribution in [3.8, 4) is 5.88 Å². The van der Waals surface area contributed by atoms with Gasteiger partial charge in [0.25, 0.3) is 0 Å². The predicted molar refractivity (Wildman–Crippen MR) is 73.8 cm³/mol. The number of nitrogens with one attached hydrogen (secondary N) is 1. The Labute approximate surface area is 106 Å². The number of anilines is 2. The number of ether oxygens (including phenoxy) is 1. The average molecular weight is 253 g/mol. The number of hydrogen-bond donors (Lipinski definition) is 2. The van der Waals surface area contributed by atoms with Crippen molar-refractivity contribution < 1.29 is 4.74 Å². The molecule has 1 saturated heterocycles. The minimum atomic E-state index is 0.523. The summed E-state index contributed by atoms with van der Waals surface area (Å²) in [6, 6.07) is 4.29. The SMILES string of the molecule is CCCOc1nc(NC2CCSC2)ccc1N. The van der Waals surface area contributed by atoms with E-state index in [0.29, 0.717) is 24.2 Å². The Bertz CT molecular complexity index is 367. The first-order valence-corrected chi connectivity index (χ1v) is 7.18. The van der Waals surface area contributed by atoms with E-state index in [-0.39, 0.29) is 0 Å². The fraction of sp³-hybridized carbons (Fsp3) is 0.583. The Balaban J connectivity index is 2.01. The van der Waals surface area contributed by atoms with E-state index >= 15 is 0 Å². The van der Waals surface area contributed by atoms with Gasteiger partial charge in [-0.1, -0.05) is 6.92 Å². The second-order valence-corrected chi connectivity index (χ2v) is 5.29. The average Bonchev–Trinajstić information content (AvgIpc) is 2.82. The van der Waals surface area contributed by atoms with Crippen LogP contribution in [0.3, 0.4) is 0 Å². The highest BCUT2D eigenvalue weighted by Crippen LogP contribution is 2.24. The van der Waals surface area contributed by atoms with Crippen molar-refractivity contribution in [2.75, 3.05) is 29.2 Å². The molecule has 1 aromatic rings. The summed E-state index contributed by atoms with van der Waals surface area (Å²) in [5, 5.41) is 3.42. The van der Waals surface area contributed by atoms with E-state index < -0.39 is 0 Å². The zero-order chi connectivity index (χ0) is 12.1. The lowest BCUT2D eigenvalue weighted by Gasteiger charge is -2.14. The quantitative estimate of drug-likeness (QED) is 0.843. The molecule has 0 aliphatic carbocycles. The zero-order valence-corrected chi connectivity index (χ0v) is 10.9. The van der Waals surface area contributed by atoms with Gasteiger partial charge in [-0.2, -0.15) is 16.7 Å². The molecule has 2 rings (SSSR count). The number of aromatic nitrogens is 1. The minimum Gasteiger partial charge on any atom is -0.476 e. The van der Waals surface area contributed by atoms with E-state index in [2.05, 4.69) is 17.2 Å². The lowest BCUT2D eigenvalue weighted by molar-refractivity contribution is 0.307. The van der Waals surface area contributed by atoms with Gasteiger partial charge in [0.05, 0.1) is 12.3 Å². The largest absolute Gasteiger partial charge is 0.476 e. The molecule has 17 heavy (non-hydrogen) atoms. The Morgan fingerprint density at radius 2 is 2.47 bits per heavy atom. The highest BCUT2D eigenvalue weighted by molar-refractivity contribution is 7.99. The lowest BCUT2D eigenvalue weighted by Crippen LogP contribution is -2.19. The Morgan fingerprint density at radius 3 is 3.18 bits per heavy atom. The molecule has 1 aromatic heterocycles. The highest BCUT2D eigenvalue weighted by atomic mass is 32.2. The van der Waals surface area contributed by atoms with Gasteiger partial charge in [0.2, 0.25) is 5.88 Å². The fourth-order valence-electron chi connectivity index (χ4n) is 1.70. The predicted octanol–water partition coefficient (Wildman–Crippen LogP) is 2.37. The number of rotatable bonds is 5. The fourth-order valence-corrected chi connectivity index (χ4v) is 2.86. The summed E-state index contributed by atoms with van der Waals surface area (Å²) in [4.78, 5) is 4.41. The summed E-state index contributed by atoms with van der Waals surface area (Å²) in [7, 11) is 0. The molecule has 0 spiro atoms. The van der Waals surface area contributed by atoms with Gasteiger partial charge in [-0.15, -0.1) is 0 Å². The van der Waals surface area contributed by atoms with Gasteiger partial charge in [-0.25, -0.2) is 0 Å². The number of hydrogen-bond acceptors (Lipinski definition) is 5. The van der Waals surface area contributed by atoms with Gasteiger partial charge < -0.3 is 15.8 Å². The number of nitrogens with two attached hydrogens (primary N) is 1. The monoisotopic (exact) mass is 253 g/mol. The molecule has 0 bridgehead atoms. The van der Waals surface area contributed by atoms with Crippen LogP contribution < -0.4 is 15.8 Å². The lowest BCUT2D eigenvalue weighted by atomic mass is 10.2. The first-order valence-electron chi connectivity index (χ1n) is 6.03. The summed E-state index contributed by atoms with van der Waals surface area (Å²) in [6.45, 7) is 2.72. The molecule has 0 amide bonds. The van der Waals surface area contributed by atoms with Crippen LogP contribution in [0.1, 0.15) is 19.8 Å². The van der Waals surface area contributed by atoms with E-state index in [0.717, 1.165) is 18.0 Å². The molecule has 0 aromatic carbocycles. The summed E-state index contributed by atoms with van der Waals surface area (Å²) in [5.41, 5.74) is 6.42. The molecule has 1 atom stereocenters. The molecule has 5 heteroatoms. The van der Waals surface area contributed by atoms with Crippen LogP contribution in [-0.4, -0.2) is 29.1 Å². The second kappa shape index (κ2) is 6.00. The van der Waals surface area contributed by atoms with E-state index in [9.17, 15) is 0 Å². The first kappa shape index (κ1) is 12.4. The van der Waals surface area contributed by atoms with Gasteiger partial charge in [0.15, 0.2) is 0 Å². The maximum Gasteiger partial charge on any atom is 0.239 e. The van der Waals surface area contributed by atoms with Crippen LogP contribution in [0.15, 0.2) is 12.1 Å². The van der Waals surface area contributed by atoms with Crippen molar-refractivity contribution in [2.45, 2.75) is 25.8 Å². The van der Waals surface area contributed by atoms with E-state index in [1.54, 1.807) is 0 Å². The number of nitrogen functional groups attached to an aromatic ring is 1. The second-order valence-electron chi connectivity index (χ2n) is 4.14. The Kier molecular flexibility index (Phi) is 4.36. The molecular weight excluding hydrogens is 234 g/mol.